The molecular weight excluding hydrogens is 375 g/mol. The minimum atomic E-state index is -7.09. The van der Waals surface area contributed by atoms with Crippen LogP contribution in [0.25, 0.3) is 0 Å². The van der Waals surface area contributed by atoms with Crippen LogP contribution in [0, 0.1) is 0 Å². The van der Waals surface area contributed by atoms with Crippen molar-refractivity contribution in [1.29, 1.82) is 0 Å². The Hall–Kier alpha value is -1.39. The van der Waals surface area contributed by atoms with Gasteiger partial charge in [-0.2, -0.15) is 39.5 Å². The first kappa shape index (κ1) is 20.7. The zero-order chi connectivity index (χ0) is 19.0. The molecule has 1 nitrogen and oxygen atoms in total. The monoisotopic (exact) mass is 384 g/mol. The maximum absolute atomic E-state index is 13.5. The summed E-state index contributed by atoms with van der Waals surface area (Å²) in [5, 5.41) is 0. The molecule has 0 aromatic heterocycles. The SMILES string of the molecule is CCSc1ccc(C(=O)C(F)(F)C(F)(F)C(F)(F)C(F)(F)F)cc1. The zero-order valence-electron chi connectivity index (χ0n) is 11.7. The molecule has 0 saturated heterocycles. The molecule has 1 aromatic carbocycles. The number of Topliss-reactive ketones (excluding diaryl/α,β-unsaturated/α-hetero) is 1. The van der Waals surface area contributed by atoms with Crippen LogP contribution in [-0.4, -0.2) is 35.5 Å². The molecule has 0 aliphatic carbocycles. The number of alkyl halides is 9. The highest BCUT2D eigenvalue weighted by atomic mass is 32.2. The minimum absolute atomic E-state index is 0.463. The van der Waals surface area contributed by atoms with E-state index in [0.29, 0.717) is 22.8 Å². The molecule has 0 unspecified atom stereocenters. The Labute approximate surface area is 134 Å². The highest BCUT2D eigenvalue weighted by molar-refractivity contribution is 7.99. The van der Waals surface area contributed by atoms with Crippen LogP contribution in [0.15, 0.2) is 29.2 Å². The zero-order valence-corrected chi connectivity index (χ0v) is 12.6. The van der Waals surface area contributed by atoms with Crippen molar-refractivity contribution >= 4 is 17.5 Å². The van der Waals surface area contributed by atoms with E-state index in [1.807, 2.05) is 0 Å². The minimum Gasteiger partial charge on any atom is -0.287 e. The van der Waals surface area contributed by atoms with Gasteiger partial charge in [-0.3, -0.25) is 4.79 Å². The van der Waals surface area contributed by atoms with Gasteiger partial charge in [0.15, 0.2) is 0 Å². The van der Waals surface area contributed by atoms with E-state index in [4.69, 9.17) is 0 Å². The van der Waals surface area contributed by atoms with E-state index in [2.05, 4.69) is 0 Å². The highest BCUT2D eigenvalue weighted by Crippen LogP contribution is 2.53. The van der Waals surface area contributed by atoms with Gasteiger partial charge < -0.3 is 0 Å². The Kier molecular flexibility index (Phi) is 5.58. The van der Waals surface area contributed by atoms with Crippen LogP contribution >= 0.6 is 11.8 Å². The number of benzene rings is 1. The molecule has 0 fully saturated rings. The lowest BCUT2D eigenvalue weighted by Gasteiger charge is -2.32. The van der Waals surface area contributed by atoms with Crippen molar-refractivity contribution in [3.05, 3.63) is 29.8 Å². The van der Waals surface area contributed by atoms with Crippen molar-refractivity contribution in [1.82, 2.24) is 0 Å². The van der Waals surface area contributed by atoms with Crippen LogP contribution in [0.3, 0.4) is 0 Å². The lowest BCUT2D eigenvalue weighted by atomic mass is 9.96. The second-order valence-electron chi connectivity index (χ2n) is 4.51. The van der Waals surface area contributed by atoms with E-state index in [-0.39, 0.29) is 0 Å². The summed E-state index contributed by atoms with van der Waals surface area (Å²) in [6, 6.07) is 3.46. The van der Waals surface area contributed by atoms with Gasteiger partial charge in [0.1, 0.15) is 0 Å². The van der Waals surface area contributed by atoms with Crippen molar-refractivity contribution in [3.8, 4) is 0 Å². The third kappa shape index (κ3) is 3.35. The molecule has 0 aliphatic heterocycles. The molecule has 1 rings (SSSR count). The summed E-state index contributed by atoms with van der Waals surface area (Å²) in [5.41, 5.74) is -1.11. The van der Waals surface area contributed by atoms with Crippen molar-refractivity contribution in [2.75, 3.05) is 5.75 Å². The van der Waals surface area contributed by atoms with Gasteiger partial charge in [-0.25, -0.2) is 0 Å². The molecule has 0 amide bonds. The number of ketones is 1. The van der Waals surface area contributed by atoms with E-state index >= 15 is 0 Å². The average molecular weight is 384 g/mol. The quantitative estimate of drug-likeness (QED) is 0.369. The average Bonchev–Trinajstić information content (AvgIpc) is 2.46. The second-order valence-corrected chi connectivity index (χ2v) is 5.84. The van der Waals surface area contributed by atoms with E-state index in [9.17, 15) is 44.3 Å². The molecule has 0 heterocycles. The Balaban J connectivity index is 3.24. The van der Waals surface area contributed by atoms with Gasteiger partial charge in [0, 0.05) is 10.5 Å². The number of carbonyl (C=O) groups excluding carboxylic acids is 1. The first-order valence-electron chi connectivity index (χ1n) is 6.18. The summed E-state index contributed by atoms with van der Waals surface area (Å²) in [4.78, 5) is 11.9. The number of hydrogen-bond acceptors (Lipinski definition) is 2. The number of rotatable bonds is 6. The van der Waals surface area contributed by atoms with Crippen molar-refractivity contribution in [3.63, 3.8) is 0 Å². The molecule has 0 N–H and O–H groups in total. The first-order chi connectivity index (χ1) is 10.7. The van der Waals surface area contributed by atoms with Gasteiger partial charge in [-0.15, -0.1) is 11.8 Å². The topological polar surface area (TPSA) is 17.1 Å². The smallest absolute Gasteiger partial charge is 0.287 e. The summed E-state index contributed by atoms with van der Waals surface area (Å²) in [6.07, 6.45) is -6.96. The molecule has 0 aliphatic rings. The van der Waals surface area contributed by atoms with Gasteiger partial charge in [0.05, 0.1) is 0 Å². The molecule has 1 aromatic rings. The van der Waals surface area contributed by atoms with Crippen molar-refractivity contribution < 1.29 is 44.3 Å². The molecule has 0 atom stereocenters. The molecule has 0 spiro atoms. The molecule has 0 bridgehead atoms. The molecule has 0 saturated carbocycles. The maximum Gasteiger partial charge on any atom is 0.460 e. The number of hydrogen-bond donors (Lipinski definition) is 0. The second kappa shape index (κ2) is 6.49. The van der Waals surface area contributed by atoms with Gasteiger partial charge >= 0.3 is 23.9 Å². The fraction of sp³-hybridized carbons (Fsp3) is 0.462. The number of thioether (sulfide) groups is 1. The van der Waals surface area contributed by atoms with E-state index < -0.39 is 35.3 Å². The summed E-state index contributed by atoms with van der Waals surface area (Å²) >= 11 is 1.20. The Morgan fingerprint density at radius 3 is 1.71 bits per heavy atom. The molecule has 136 valence electrons. The highest BCUT2D eigenvalue weighted by Gasteiger charge is 2.83. The first-order valence-corrected chi connectivity index (χ1v) is 7.16. The summed E-state index contributed by atoms with van der Waals surface area (Å²) in [5.74, 6) is -22.6. The lowest BCUT2D eigenvalue weighted by Crippen LogP contribution is -2.63. The fourth-order valence-electron chi connectivity index (χ4n) is 1.57. The van der Waals surface area contributed by atoms with E-state index in [0.717, 1.165) is 12.1 Å². The van der Waals surface area contributed by atoms with Crippen LogP contribution in [0.2, 0.25) is 0 Å². The van der Waals surface area contributed by atoms with Gasteiger partial charge in [0.25, 0.3) is 0 Å². The standard InChI is InChI=1S/C13H9F9OS/c1-2-24-8-5-3-7(4-6-8)9(23)10(14,15)11(16,17)12(18,19)13(20,21)22/h3-6H,2H2,1H3. The largest absolute Gasteiger partial charge is 0.460 e. The fourth-order valence-corrected chi connectivity index (χ4v) is 2.23. The predicted molar refractivity (Wildman–Crippen MR) is 68.1 cm³/mol. The number of carbonyl (C=O) groups is 1. The van der Waals surface area contributed by atoms with Crippen LogP contribution in [0.1, 0.15) is 17.3 Å². The summed E-state index contributed by atoms with van der Waals surface area (Å²) in [6.45, 7) is 1.73. The summed E-state index contributed by atoms with van der Waals surface area (Å²) in [7, 11) is 0. The van der Waals surface area contributed by atoms with Crippen LogP contribution < -0.4 is 0 Å². The van der Waals surface area contributed by atoms with Crippen LogP contribution in [0.4, 0.5) is 39.5 Å². The molecule has 11 heteroatoms. The van der Waals surface area contributed by atoms with E-state index in [1.165, 1.54) is 11.8 Å². The maximum atomic E-state index is 13.5. The normalized spacial score (nSPS) is 13.9. The number of halogens is 9. The van der Waals surface area contributed by atoms with Gasteiger partial charge in [-0.05, 0) is 17.9 Å². The van der Waals surface area contributed by atoms with Crippen molar-refractivity contribution in [2.24, 2.45) is 0 Å². The molecular formula is C13H9F9OS. The predicted octanol–water partition coefficient (Wildman–Crippen LogP) is 5.45. The Morgan fingerprint density at radius 2 is 1.33 bits per heavy atom. The lowest BCUT2D eigenvalue weighted by molar-refractivity contribution is -0.386. The summed E-state index contributed by atoms with van der Waals surface area (Å²) < 4.78 is 115. The van der Waals surface area contributed by atoms with Crippen LogP contribution in [-0.2, 0) is 0 Å². The molecule has 0 radical (unpaired) electrons. The van der Waals surface area contributed by atoms with Gasteiger partial charge in [-0.1, -0.05) is 19.1 Å². The Morgan fingerprint density at radius 1 is 0.875 bits per heavy atom. The van der Waals surface area contributed by atoms with Crippen LogP contribution in [0.5, 0.6) is 0 Å². The van der Waals surface area contributed by atoms with Gasteiger partial charge in [0.2, 0.25) is 5.78 Å². The third-order valence-corrected chi connectivity index (χ3v) is 3.75. The van der Waals surface area contributed by atoms with Crippen molar-refractivity contribution in [2.45, 2.75) is 35.8 Å². The Bertz CT molecular complexity index is 592. The third-order valence-electron chi connectivity index (χ3n) is 2.86. The van der Waals surface area contributed by atoms with E-state index in [1.54, 1.807) is 6.92 Å². The molecule has 24 heavy (non-hydrogen) atoms.